The van der Waals surface area contributed by atoms with E-state index in [1.807, 2.05) is 0 Å². The molecule has 3 heteroatoms. The van der Waals surface area contributed by atoms with Gasteiger partial charge in [0.05, 0.1) is 0 Å². The van der Waals surface area contributed by atoms with Crippen molar-refractivity contribution in [2.45, 2.75) is 12.8 Å². The van der Waals surface area contributed by atoms with Gasteiger partial charge < -0.3 is 4.79 Å². The van der Waals surface area contributed by atoms with Gasteiger partial charge in [0, 0.05) is 5.92 Å². The molecule has 0 saturated heterocycles. The van der Waals surface area contributed by atoms with Crippen LogP contribution in [0, 0.1) is 17.6 Å². The molecule has 0 N–H and O–H groups in total. The number of rotatable bonds is 1. The van der Waals surface area contributed by atoms with E-state index < -0.39 is 11.6 Å². The molecule has 0 amide bonds. The molecule has 0 saturated carbocycles. The zero-order chi connectivity index (χ0) is 9.42. The summed E-state index contributed by atoms with van der Waals surface area (Å²) in [4.78, 5) is 10.5. The Labute approximate surface area is 74.4 Å². The molecule has 1 aliphatic carbocycles. The van der Waals surface area contributed by atoms with Crippen molar-refractivity contribution >= 4 is 6.29 Å². The zero-order valence-electron chi connectivity index (χ0n) is 6.89. The van der Waals surface area contributed by atoms with E-state index in [-0.39, 0.29) is 5.92 Å². The number of benzene rings is 1. The number of hydrogen-bond donors (Lipinski definition) is 0. The van der Waals surface area contributed by atoms with Crippen molar-refractivity contribution in [3.05, 3.63) is 34.9 Å². The van der Waals surface area contributed by atoms with Crippen LogP contribution in [0.3, 0.4) is 0 Å². The third kappa shape index (κ3) is 1.34. The highest BCUT2D eigenvalue weighted by atomic mass is 19.2. The number of fused-ring (bicyclic) bond motifs is 1. The monoisotopic (exact) mass is 182 g/mol. The molecule has 2 rings (SSSR count). The molecule has 68 valence electrons. The summed E-state index contributed by atoms with van der Waals surface area (Å²) in [6.07, 6.45) is 1.92. The van der Waals surface area contributed by atoms with Gasteiger partial charge in [-0.1, -0.05) is 0 Å². The van der Waals surface area contributed by atoms with Gasteiger partial charge in [0.25, 0.3) is 0 Å². The maximum atomic E-state index is 12.7. The van der Waals surface area contributed by atoms with E-state index in [2.05, 4.69) is 0 Å². The molecule has 0 fully saturated rings. The lowest BCUT2D eigenvalue weighted by Gasteiger charge is -1.98. The normalized spacial score (nSPS) is 15.8. The fourth-order valence-corrected chi connectivity index (χ4v) is 1.74. The van der Waals surface area contributed by atoms with Gasteiger partial charge in [-0.2, -0.15) is 0 Å². The summed E-state index contributed by atoms with van der Waals surface area (Å²) in [5.74, 6) is -1.76. The molecule has 0 atom stereocenters. The van der Waals surface area contributed by atoms with E-state index in [9.17, 15) is 13.6 Å². The lowest BCUT2D eigenvalue weighted by atomic mass is 10.1. The first-order valence-corrected chi connectivity index (χ1v) is 4.13. The van der Waals surface area contributed by atoms with E-state index >= 15 is 0 Å². The molecular formula is C10H8F2O. The smallest absolute Gasteiger partial charge is 0.159 e. The third-order valence-corrected chi connectivity index (χ3v) is 2.40. The lowest BCUT2D eigenvalue weighted by Crippen LogP contribution is -1.99. The highest BCUT2D eigenvalue weighted by Crippen LogP contribution is 2.27. The fraction of sp³-hybridized carbons (Fsp3) is 0.300. The van der Waals surface area contributed by atoms with Crippen molar-refractivity contribution < 1.29 is 13.6 Å². The van der Waals surface area contributed by atoms with Crippen molar-refractivity contribution in [1.29, 1.82) is 0 Å². The van der Waals surface area contributed by atoms with Crippen LogP contribution in [0.15, 0.2) is 12.1 Å². The van der Waals surface area contributed by atoms with Crippen LogP contribution < -0.4 is 0 Å². The van der Waals surface area contributed by atoms with Crippen LogP contribution >= 0.6 is 0 Å². The topological polar surface area (TPSA) is 17.1 Å². The Morgan fingerprint density at radius 2 is 1.62 bits per heavy atom. The first kappa shape index (κ1) is 8.35. The minimum absolute atomic E-state index is 0.101. The molecule has 0 unspecified atom stereocenters. The van der Waals surface area contributed by atoms with Crippen LogP contribution in [0.25, 0.3) is 0 Å². The van der Waals surface area contributed by atoms with Gasteiger partial charge in [0.1, 0.15) is 6.29 Å². The van der Waals surface area contributed by atoms with Crippen molar-refractivity contribution in [3.63, 3.8) is 0 Å². The minimum Gasteiger partial charge on any atom is -0.303 e. The Morgan fingerprint density at radius 1 is 1.15 bits per heavy atom. The van der Waals surface area contributed by atoms with Crippen molar-refractivity contribution in [3.8, 4) is 0 Å². The van der Waals surface area contributed by atoms with Crippen molar-refractivity contribution in [1.82, 2.24) is 0 Å². The molecule has 1 aromatic rings. The van der Waals surface area contributed by atoms with Gasteiger partial charge in [0.15, 0.2) is 11.6 Å². The Kier molecular flexibility index (Phi) is 1.87. The number of hydrogen-bond acceptors (Lipinski definition) is 1. The summed E-state index contributed by atoms with van der Waals surface area (Å²) in [7, 11) is 0. The van der Waals surface area contributed by atoms with Gasteiger partial charge in [-0.3, -0.25) is 0 Å². The van der Waals surface area contributed by atoms with Gasteiger partial charge in [0.2, 0.25) is 0 Å². The molecule has 1 aromatic carbocycles. The summed E-state index contributed by atoms with van der Waals surface area (Å²) in [5, 5.41) is 0. The highest BCUT2D eigenvalue weighted by Gasteiger charge is 2.22. The molecule has 0 bridgehead atoms. The first-order valence-electron chi connectivity index (χ1n) is 4.13. The van der Waals surface area contributed by atoms with E-state index in [4.69, 9.17) is 0 Å². The summed E-state index contributed by atoms with van der Waals surface area (Å²) in [6.45, 7) is 0. The average molecular weight is 182 g/mol. The largest absolute Gasteiger partial charge is 0.303 e. The van der Waals surface area contributed by atoms with Crippen molar-refractivity contribution in [2.75, 3.05) is 0 Å². The predicted octanol–water partition coefficient (Wildman–Crippen LogP) is 1.88. The van der Waals surface area contributed by atoms with E-state index in [0.29, 0.717) is 12.8 Å². The molecule has 13 heavy (non-hydrogen) atoms. The standard InChI is InChI=1S/C10H8F2O/c11-9-3-7-1-6(5-13)2-8(7)4-10(9)12/h3-6H,1-2H2. The Hall–Kier alpha value is -1.25. The summed E-state index contributed by atoms with van der Waals surface area (Å²) >= 11 is 0. The molecule has 1 aliphatic rings. The predicted molar refractivity (Wildman–Crippen MR) is 43.3 cm³/mol. The number of carbonyl (C=O) groups is 1. The van der Waals surface area contributed by atoms with Crippen molar-refractivity contribution in [2.24, 2.45) is 5.92 Å². The van der Waals surface area contributed by atoms with Gasteiger partial charge in [-0.15, -0.1) is 0 Å². The van der Waals surface area contributed by atoms with Gasteiger partial charge in [-0.05, 0) is 36.1 Å². The van der Waals surface area contributed by atoms with Crippen LogP contribution in [-0.2, 0) is 17.6 Å². The fourth-order valence-electron chi connectivity index (χ4n) is 1.74. The Morgan fingerprint density at radius 3 is 2.00 bits per heavy atom. The first-order chi connectivity index (χ1) is 6.20. The second kappa shape index (κ2) is 2.91. The van der Waals surface area contributed by atoms with E-state index in [1.54, 1.807) is 0 Å². The van der Waals surface area contributed by atoms with Crippen LogP contribution in [0.2, 0.25) is 0 Å². The Balaban J connectivity index is 2.41. The SMILES string of the molecule is O=CC1Cc2cc(F)c(F)cc2C1. The van der Waals surface area contributed by atoms with Crippen LogP contribution in [0.4, 0.5) is 8.78 Å². The number of aldehydes is 1. The lowest BCUT2D eigenvalue weighted by molar-refractivity contribution is -0.110. The molecule has 0 spiro atoms. The number of carbonyl (C=O) groups excluding carboxylic acids is 1. The maximum Gasteiger partial charge on any atom is 0.159 e. The molecular weight excluding hydrogens is 174 g/mol. The quantitative estimate of drug-likeness (QED) is 0.606. The minimum atomic E-state index is -0.828. The van der Waals surface area contributed by atoms with Crippen LogP contribution in [0.1, 0.15) is 11.1 Å². The molecule has 0 aliphatic heterocycles. The zero-order valence-corrected chi connectivity index (χ0v) is 6.89. The van der Waals surface area contributed by atoms with Gasteiger partial charge >= 0.3 is 0 Å². The van der Waals surface area contributed by atoms with Crippen LogP contribution in [-0.4, -0.2) is 6.29 Å². The number of halogens is 2. The summed E-state index contributed by atoms with van der Waals surface area (Å²) in [6, 6.07) is 2.38. The third-order valence-electron chi connectivity index (χ3n) is 2.40. The van der Waals surface area contributed by atoms with E-state index in [0.717, 1.165) is 17.4 Å². The summed E-state index contributed by atoms with van der Waals surface area (Å²) < 4.78 is 25.5. The summed E-state index contributed by atoms with van der Waals surface area (Å²) in [5.41, 5.74) is 1.52. The second-order valence-electron chi connectivity index (χ2n) is 3.34. The molecule has 0 radical (unpaired) electrons. The average Bonchev–Trinajstić information content (AvgIpc) is 2.48. The second-order valence-corrected chi connectivity index (χ2v) is 3.34. The molecule has 0 aromatic heterocycles. The molecule has 0 heterocycles. The maximum absolute atomic E-state index is 12.7. The highest BCUT2D eigenvalue weighted by molar-refractivity contribution is 5.58. The van der Waals surface area contributed by atoms with Crippen LogP contribution in [0.5, 0.6) is 0 Å². The van der Waals surface area contributed by atoms with Gasteiger partial charge in [-0.25, -0.2) is 8.78 Å². The van der Waals surface area contributed by atoms with E-state index in [1.165, 1.54) is 12.1 Å². The molecule has 1 nitrogen and oxygen atoms in total. The Bertz CT molecular complexity index is 329.